The molecule has 9 heteroatoms. The minimum Gasteiger partial charge on any atom is -0.502 e. The lowest BCUT2D eigenvalue weighted by Gasteiger charge is -2.10. The normalized spacial score (nSPS) is 11.0. The Balaban J connectivity index is 1.33. The molecule has 0 saturated carbocycles. The molecule has 0 aliphatic carbocycles. The third-order valence-electron chi connectivity index (χ3n) is 5.51. The number of amides is 1. The molecule has 2 aromatic carbocycles. The van der Waals surface area contributed by atoms with Crippen LogP contribution in [0.2, 0.25) is 0 Å². The molecular formula is C27H27N3O6. The summed E-state index contributed by atoms with van der Waals surface area (Å²) in [6, 6.07) is 18.3. The molecule has 0 aliphatic heterocycles. The number of aromatic hydroxyl groups is 1. The number of methoxy groups -OCH3 is 2. The van der Waals surface area contributed by atoms with Crippen LogP contribution in [0, 0.1) is 13.8 Å². The van der Waals surface area contributed by atoms with Crippen molar-refractivity contribution in [2.75, 3.05) is 14.2 Å². The van der Waals surface area contributed by atoms with Crippen molar-refractivity contribution >= 4 is 12.1 Å². The molecule has 0 atom stereocenters. The number of hydrogen-bond acceptors (Lipinski definition) is 7. The highest BCUT2D eigenvalue weighted by atomic mass is 16.5. The molecule has 0 saturated heterocycles. The largest absolute Gasteiger partial charge is 0.502 e. The van der Waals surface area contributed by atoms with E-state index in [2.05, 4.69) is 41.1 Å². The molecule has 186 valence electrons. The van der Waals surface area contributed by atoms with Crippen molar-refractivity contribution in [1.29, 1.82) is 0 Å². The van der Waals surface area contributed by atoms with Crippen molar-refractivity contribution in [2.24, 2.45) is 5.10 Å². The number of benzene rings is 2. The van der Waals surface area contributed by atoms with Crippen LogP contribution in [0.5, 0.6) is 23.0 Å². The summed E-state index contributed by atoms with van der Waals surface area (Å²) in [7, 11) is 2.85. The molecule has 0 bridgehead atoms. The van der Waals surface area contributed by atoms with Crippen LogP contribution >= 0.6 is 0 Å². The van der Waals surface area contributed by atoms with Crippen LogP contribution < -0.4 is 19.6 Å². The van der Waals surface area contributed by atoms with Crippen LogP contribution in [0.15, 0.2) is 70.2 Å². The van der Waals surface area contributed by atoms with E-state index in [1.807, 2.05) is 24.3 Å². The Bertz CT molecular complexity index is 1340. The van der Waals surface area contributed by atoms with Gasteiger partial charge in [-0.25, -0.2) is 5.43 Å². The molecule has 9 nitrogen and oxygen atoms in total. The topological polar surface area (TPSA) is 107 Å². The summed E-state index contributed by atoms with van der Waals surface area (Å²) < 4.78 is 23.8. The van der Waals surface area contributed by atoms with Gasteiger partial charge in [-0.3, -0.25) is 4.79 Å². The van der Waals surface area contributed by atoms with Crippen LogP contribution in [0.1, 0.15) is 33.3 Å². The van der Waals surface area contributed by atoms with E-state index in [-0.39, 0.29) is 29.6 Å². The minimum absolute atomic E-state index is 0.0977. The predicted octanol–water partition coefficient (Wildman–Crippen LogP) is 4.75. The van der Waals surface area contributed by atoms with Crippen LogP contribution in [0.25, 0.3) is 5.69 Å². The first kappa shape index (κ1) is 24.5. The number of phenolic OH excluding ortho intramolecular Hbond substituents is 1. The van der Waals surface area contributed by atoms with E-state index in [1.54, 1.807) is 24.3 Å². The van der Waals surface area contributed by atoms with E-state index < -0.39 is 5.91 Å². The summed E-state index contributed by atoms with van der Waals surface area (Å²) in [5.41, 5.74) is 6.34. The van der Waals surface area contributed by atoms with Gasteiger partial charge in [-0.05, 0) is 74.5 Å². The van der Waals surface area contributed by atoms with Crippen LogP contribution in [-0.4, -0.2) is 36.0 Å². The first-order chi connectivity index (χ1) is 17.4. The summed E-state index contributed by atoms with van der Waals surface area (Å²) in [5, 5.41) is 13.9. The number of carbonyl (C=O) groups is 1. The summed E-state index contributed by atoms with van der Waals surface area (Å²) in [4.78, 5) is 12.4. The number of aromatic nitrogens is 1. The number of nitrogens with one attached hydrogen (secondary N) is 1. The number of carbonyl (C=O) groups excluding carboxylic acids is 1. The van der Waals surface area contributed by atoms with Gasteiger partial charge in [0.2, 0.25) is 5.75 Å². The molecule has 4 rings (SSSR count). The van der Waals surface area contributed by atoms with Gasteiger partial charge in [0, 0.05) is 22.6 Å². The maximum atomic E-state index is 12.4. The monoisotopic (exact) mass is 489 g/mol. The second-order valence-electron chi connectivity index (χ2n) is 7.97. The molecule has 0 fully saturated rings. The average Bonchev–Trinajstić information content (AvgIpc) is 3.50. The van der Waals surface area contributed by atoms with Crippen molar-refractivity contribution < 1.29 is 28.5 Å². The fourth-order valence-corrected chi connectivity index (χ4v) is 3.71. The zero-order chi connectivity index (χ0) is 25.7. The highest BCUT2D eigenvalue weighted by molar-refractivity contribution is 5.92. The van der Waals surface area contributed by atoms with E-state index in [9.17, 15) is 9.90 Å². The Morgan fingerprint density at radius 1 is 1.00 bits per heavy atom. The Morgan fingerprint density at radius 3 is 2.25 bits per heavy atom. The summed E-state index contributed by atoms with van der Waals surface area (Å²) in [6.07, 6.45) is 1.40. The Labute approximate surface area is 208 Å². The zero-order valence-corrected chi connectivity index (χ0v) is 20.4. The number of rotatable bonds is 9. The minimum atomic E-state index is -0.517. The number of aryl methyl sites for hydroxylation is 2. The molecule has 4 aromatic rings. The maximum absolute atomic E-state index is 12.4. The molecule has 0 unspecified atom stereocenters. The first-order valence-electron chi connectivity index (χ1n) is 11.1. The third kappa shape index (κ3) is 5.35. The first-order valence-corrected chi connectivity index (χ1v) is 11.1. The van der Waals surface area contributed by atoms with Crippen molar-refractivity contribution in [3.63, 3.8) is 0 Å². The zero-order valence-electron chi connectivity index (χ0n) is 20.4. The number of nitrogens with zero attached hydrogens (tertiary/aromatic N) is 2. The van der Waals surface area contributed by atoms with Crippen molar-refractivity contribution in [3.05, 3.63) is 89.1 Å². The van der Waals surface area contributed by atoms with Crippen LogP contribution in [0.4, 0.5) is 0 Å². The molecule has 2 aromatic heterocycles. The predicted molar refractivity (Wildman–Crippen MR) is 135 cm³/mol. The second kappa shape index (κ2) is 10.7. The van der Waals surface area contributed by atoms with Crippen molar-refractivity contribution in [3.8, 4) is 28.7 Å². The van der Waals surface area contributed by atoms with Gasteiger partial charge in [-0.15, -0.1) is 0 Å². The van der Waals surface area contributed by atoms with Crippen LogP contribution in [-0.2, 0) is 6.61 Å². The van der Waals surface area contributed by atoms with Gasteiger partial charge in [0.05, 0.1) is 20.4 Å². The number of phenols is 1. The highest BCUT2D eigenvalue weighted by Gasteiger charge is 2.13. The fourth-order valence-electron chi connectivity index (χ4n) is 3.71. The maximum Gasteiger partial charge on any atom is 0.307 e. The van der Waals surface area contributed by atoms with Gasteiger partial charge in [0.15, 0.2) is 17.3 Å². The van der Waals surface area contributed by atoms with E-state index in [0.29, 0.717) is 17.1 Å². The van der Waals surface area contributed by atoms with Gasteiger partial charge in [0.1, 0.15) is 18.1 Å². The molecule has 2 heterocycles. The standard InChI is InChI=1S/C27H27N3O6/c1-17-5-6-18(2)30(17)20-7-9-21(10-8-20)35-16-22-11-12-23(36-22)27(32)29-28-15-19-13-24(33-3)26(31)25(14-19)34-4/h5-15,31H,16H2,1-4H3,(H,29,32)/b28-15+. The quantitative estimate of drug-likeness (QED) is 0.259. The number of ether oxygens (including phenoxy) is 3. The van der Waals surface area contributed by atoms with Gasteiger partial charge >= 0.3 is 5.91 Å². The molecule has 36 heavy (non-hydrogen) atoms. The van der Waals surface area contributed by atoms with E-state index in [4.69, 9.17) is 18.6 Å². The molecule has 0 spiro atoms. The summed E-state index contributed by atoms with van der Waals surface area (Å²) >= 11 is 0. The molecule has 0 radical (unpaired) electrons. The van der Waals surface area contributed by atoms with Gasteiger partial charge < -0.3 is 28.3 Å². The number of hydrogen-bond donors (Lipinski definition) is 2. The van der Waals surface area contributed by atoms with Gasteiger partial charge in [0.25, 0.3) is 0 Å². The summed E-state index contributed by atoms with van der Waals surface area (Å²) in [6.45, 7) is 4.30. The lowest BCUT2D eigenvalue weighted by Crippen LogP contribution is -2.16. The molecular weight excluding hydrogens is 462 g/mol. The highest BCUT2D eigenvalue weighted by Crippen LogP contribution is 2.36. The van der Waals surface area contributed by atoms with Crippen molar-refractivity contribution in [1.82, 2.24) is 9.99 Å². The van der Waals surface area contributed by atoms with Gasteiger partial charge in [-0.1, -0.05) is 0 Å². The van der Waals surface area contributed by atoms with E-state index >= 15 is 0 Å². The lowest BCUT2D eigenvalue weighted by molar-refractivity contribution is 0.0923. The average molecular weight is 490 g/mol. The summed E-state index contributed by atoms with van der Waals surface area (Å²) in [5.74, 6) is 1.10. The van der Waals surface area contributed by atoms with E-state index in [0.717, 1.165) is 17.1 Å². The second-order valence-corrected chi connectivity index (χ2v) is 7.97. The fraction of sp³-hybridized carbons (Fsp3) is 0.185. The van der Waals surface area contributed by atoms with E-state index in [1.165, 1.54) is 20.4 Å². The number of furan rings is 1. The Kier molecular flexibility index (Phi) is 7.29. The third-order valence-corrected chi connectivity index (χ3v) is 5.51. The van der Waals surface area contributed by atoms with Gasteiger partial charge in [-0.2, -0.15) is 5.10 Å². The van der Waals surface area contributed by atoms with Crippen molar-refractivity contribution in [2.45, 2.75) is 20.5 Å². The molecule has 1 amide bonds. The number of hydrazone groups is 1. The Morgan fingerprint density at radius 2 is 1.64 bits per heavy atom. The Hall–Kier alpha value is -4.66. The molecule has 0 aliphatic rings. The lowest BCUT2D eigenvalue weighted by atomic mass is 10.2. The van der Waals surface area contributed by atoms with Crippen LogP contribution in [0.3, 0.4) is 0 Å². The molecule has 2 N–H and O–H groups in total. The smallest absolute Gasteiger partial charge is 0.307 e. The SMILES string of the molecule is COc1cc(/C=N/NC(=O)c2ccc(COc3ccc(-n4c(C)ccc4C)cc3)o2)cc(OC)c1O.